The molecule has 2 N–H and O–H groups in total. The van der Waals surface area contributed by atoms with E-state index in [0.717, 1.165) is 29.3 Å². The molecule has 1 unspecified atom stereocenters. The highest BCUT2D eigenvalue weighted by Crippen LogP contribution is 2.21. The molecule has 3 rings (SSSR count). The Morgan fingerprint density at radius 3 is 3.17 bits per heavy atom. The van der Waals surface area contributed by atoms with E-state index in [1.807, 2.05) is 6.92 Å². The molecule has 0 saturated carbocycles. The van der Waals surface area contributed by atoms with E-state index in [0.29, 0.717) is 0 Å². The molecule has 0 fully saturated rings. The fourth-order valence-electron chi connectivity index (χ4n) is 2.55. The number of aromatic nitrogens is 2. The topological polar surface area (TPSA) is 40.7 Å². The van der Waals surface area contributed by atoms with Crippen molar-refractivity contribution >= 4 is 16.7 Å². The second-order valence-electron chi connectivity index (χ2n) is 5.09. The van der Waals surface area contributed by atoms with E-state index < -0.39 is 0 Å². The number of fused-ring (bicyclic) bond motifs is 1. The molecule has 3 nitrogen and oxygen atoms in total. The summed E-state index contributed by atoms with van der Waals surface area (Å²) >= 11 is 0. The Hall–Kier alpha value is -1.77. The number of H-pyrrole nitrogens is 1. The molecule has 94 valence electrons. The molecule has 0 aliphatic heterocycles. The molecule has 0 saturated heterocycles. The fraction of sp³-hybridized carbons (Fsp3) is 0.400. The van der Waals surface area contributed by atoms with Crippen molar-refractivity contribution in [2.24, 2.45) is 5.92 Å². The lowest BCUT2D eigenvalue weighted by Crippen LogP contribution is -2.15. The average molecular weight is 241 g/mol. The Bertz CT molecular complexity index is 568. The predicted molar refractivity (Wildman–Crippen MR) is 75.8 cm³/mol. The van der Waals surface area contributed by atoms with E-state index in [2.05, 4.69) is 45.6 Å². The molecule has 0 radical (unpaired) electrons. The summed E-state index contributed by atoms with van der Waals surface area (Å²) in [7, 11) is 0. The maximum Gasteiger partial charge on any atom is 0.104 e. The lowest BCUT2D eigenvalue weighted by molar-refractivity contribution is 0.504. The maximum absolute atomic E-state index is 4.41. The van der Waals surface area contributed by atoms with E-state index in [1.54, 1.807) is 0 Å². The highest BCUT2D eigenvalue weighted by Gasteiger charge is 2.09. The molecule has 1 aliphatic carbocycles. The van der Waals surface area contributed by atoms with Crippen LogP contribution in [0.3, 0.4) is 0 Å². The molecule has 1 aliphatic rings. The number of aromatic amines is 1. The fourth-order valence-corrected chi connectivity index (χ4v) is 2.55. The third-order valence-electron chi connectivity index (χ3n) is 3.57. The smallest absolute Gasteiger partial charge is 0.104 e. The largest absolute Gasteiger partial charge is 0.385 e. The van der Waals surface area contributed by atoms with Crippen LogP contribution < -0.4 is 5.32 Å². The van der Waals surface area contributed by atoms with Gasteiger partial charge in [0.2, 0.25) is 0 Å². The summed E-state index contributed by atoms with van der Waals surface area (Å²) in [6, 6.07) is 6.33. The van der Waals surface area contributed by atoms with Crippen molar-refractivity contribution in [3.63, 3.8) is 0 Å². The van der Waals surface area contributed by atoms with Gasteiger partial charge in [0, 0.05) is 12.2 Å². The van der Waals surface area contributed by atoms with Crippen molar-refractivity contribution < 1.29 is 0 Å². The van der Waals surface area contributed by atoms with Gasteiger partial charge < -0.3 is 10.3 Å². The second-order valence-corrected chi connectivity index (χ2v) is 5.09. The number of nitrogens with one attached hydrogen (secondary N) is 2. The third-order valence-corrected chi connectivity index (χ3v) is 3.57. The van der Waals surface area contributed by atoms with Gasteiger partial charge in [-0.2, -0.15) is 0 Å². The molecule has 1 heterocycles. The van der Waals surface area contributed by atoms with Crippen LogP contribution in [-0.2, 0) is 0 Å². The molecule has 1 aromatic heterocycles. The van der Waals surface area contributed by atoms with Gasteiger partial charge in [-0.15, -0.1) is 0 Å². The Morgan fingerprint density at radius 1 is 1.39 bits per heavy atom. The first kappa shape index (κ1) is 11.3. The molecular formula is C15H19N3. The Labute approximate surface area is 107 Å². The van der Waals surface area contributed by atoms with Crippen molar-refractivity contribution in [1.29, 1.82) is 0 Å². The number of allylic oxidation sites excluding steroid dienone is 2. The Kier molecular flexibility index (Phi) is 3.05. The third kappa shape index (κ3) is 2.40. The van der Waals surface area contributed by atoms with Crippen LogP contribution in [0.1, 0.15) is 25.1 Å². The number of anilines is 1. The molecule has 1 atom stereocenters. The molecule has 3 heteroatoms. The normalized spacial score (nSPS) is 19.3. The number of hydrogen-bond acceptors (Lipinski definition) is 2. The van der Waals surface area contributed by atoms with Gasteiger partial charge in [0.05, 0.1) is 11.0 Å². The first-order chi connectivity index (χ1) is 8.81. The highest BCUT2D eigenvalue weighted by molar-refractivity contribution is 5.79. The summed E-state index contributed by atoms with van der Waals surface area (Å²) in [6.07, 6.45) is 8.33. The van der Waals surface area contributed by atoms with Crippen molar-refractivity contribution in [1.82, 2.24) is 9.97 Å². The van der Waals surface area contributed by atoms with Gasteiger partial charge >= 0.3 is 0 Å². The number of rotatable bonds is 3. The number of imidazole rings is 1. The average Bonchev–Trinajstić information content (AvgIpc) is 2.77. The van der Waals surface area contributed by atoms with Crippen molar-refractivity contribution in [3.05, 3.63) is 36.2 Å². The molecule has 0 bridgehead atoms. The van der Waals surface area contributed by atoms with Gasteiger partial charge in [-0.25, -0.2) is 4.98 Å². The molecule has 0 spiro atoms. The van der Waals surface area contributed by atoms with E-state index in [1.165, 1.54) is 24.9 Å². The zero-order valence-electron chi connectivity index (χ0n) is 10.7. The van der Waals surface area contributed by atoms with Gasteiger partial charge in [0.15, 0.2) is 0 Å². The lowest BCUT2D eigenvalue weighted by Gasteiger charge is -2.18. The lowest BCUT2D eigenvalue weighted by atomic mass is 9.94. The summed E-state index contributed by atoms with van der Waals surface area (Å²) in [6.45, 7) is 3.05. The summed E-state index contributed by atoms with van der Waals surface area (Å²) in [5.74, 6) is 1.74. The number of benzene rings is 1. The van der Waals surface area contributed by atoms with Gasteiger partial charge in [0.25, 0.3) is 0 Å². The van der Waals surface area contributed by atoms with Crippen LogP contribution in [-0.4, -0.2) is 16.5 Å². The minimum Gasteiger partial charge on any atom is -0.385 e. The van der Waals surface area contributed by atoms with Crippen LogP contribution in [0.15, 0.2) is 30.4 Å². The zero-order chi connectivity index (χ0) is 12.4. The van der Waals surface area contributed by atoms with E-state index in [-0.39, 0.29) is 0 Å². The SMILES string of the molecule is Cc1nc2ccc(NCC3CC=CCC3)cc2[nH]1. The maximum atomic E-state index is 4.41. The van der Waals surface area contributed by atoms with Crippen LogP contribution in [0.4, 0.5) is 5.69 Å². The van der Waals surface area contributed by atoms with Gasteiger partial charge in [-0.3, -0.25) is 0 Å². The van der Waals surface area contributed by atoms with E-state index >= 15 is 0 Å². The molecular weight excluding hydrogens is 222 g/mol. The van der Waals surface area contributed by atoms with Gasteiger partial charge in [-0.05, 0) is 50.3 Å². The number of nitrogens with zero attached hydrogens (tertiary/aromatic N) is 1. The Morgan fingerprint density at radius 2 is 2.33 bits per heavy atom. The first-order valence-electron chi connectivity index (χ1n) is 6.66. The zero-order valence-corrected chi connectivity index (χ0v) is 10.7. The molecule has 0 amide bonds. The second kappa shape index (κ2) is 4.84. The standard InChI is InChI=1S/C15H19N3/c1-11-17-14-8-7-13(9-15(14)18-11)16-10-12-5-3-2-4-6-12/h2-3,7-9,12,16H,4-6,10H2,1H3,(H,17,18). The first-order valence-corrected chi connectivity index (χ1v) is 6.66. The van der Waals surface area contributed by atoms with Gasteiger partial charge in [0.1, 0.15) is 5.82 Å². The molecule has 1 aromatic carbocycles. The minimum absolute atomic E-state index is 0.772. The Balaban J connectivity index is 1.68. The summed E-state index contributed by atoms with van der Waals surface area (Å²) in [4.78, 5) is 7.69. The quantitative estimate of drug-likeness (QED) is 0.805. The highest BCUT2D eigenvalue weighted by atomic mass is 14.9. The minimum atomic E-state index is 0.772. The number of aryl methyl sites for hydroxylation is 1. The van der Waals surface area contributed by atoms with Crippen LogP contribution in [0, 0.1) is 12.8 Å². The summed E-state index contributed by atoms with van der Waals surface area (Å²) in [5.41, 5.74) is 3.33. The van der Waals surface area contributed by atoms with Crippen LogP contribution in [0.2, 0.25) is 0 Å². The van der Waals surface area contributed by atoms with Crippen LogP contribution in [0.25, 0.3) is 11.0 Å². The number of hydrogen-bond donors (Lipinski definition) is 2. The molecule has 2 aromatic rings. The monoisotopic (exact) mass is 241 g/mol. The van der Waals surface area contributed by atoms with Crippen molar-refractivity contribution in [2.75, 3.05) is 11.9 Å². The van der Waals surface area contributed by atoms with Gasteiger partial charge in [-0.1, -0.05) is 12.2 Å². The summed E-state index contributed by atoms with van der Waals surface area (Å²) < 4.78 is 0. The molecule has 18 heavy (non-hydrogen) atoms. The van der Waals surface area contributed by atoms with Crippen molar-refractivity contribution in [2.45, 2.75) is 26.2 Å². The van der Waals surface area contributed by atoms with E-state index in [9.17, 15) is 0 Å². The predicted octanol–water partition coefficient (Wildman–Crippen LogP) is 3.64. The van der Waals surface area contributed by atoms with Crippen LogP contribution >= 0.6 is 0 Å². The van der Waals surface area contributed by atoms with Crippen LogP contribution in [0.5, 0.6) is 0 Å². The summed E-state index contributed by atoms with van der Waals surface area (Å²) in [5, 5.41) is 3.53. The van der Waals surface area contributed by atoms with Crippen molar-refractivity contribution in [3.8, 4) is 0 Å². The van der Waals surface area contributed by atoms with E-state index in [4.69, 9.17) is 0 Å².